The highest BCUT2D eigenvalue weighted by molar-refractivity contribution is 5.48. The maximum atomic E-state index is 9.07. The Morgan fingerprint density at radius 2 is 2.19 bits per heavy atom. The molecule has 0 radical (unpaired) electrons. The van der Waals surface area contributed by atoms with Crippen molar-refractivity contribution in [2.45, 2.75) is 46.3 Å². The Bertz CT molecular complexity index is 485. The quantitative estimate of drug-likeness (QED) is 0.811. The number of methoxy groups -OCH3 is 1. The largest absolute Gasteiger partial charge is 0.496 e. The van der Waals surface area contributed by atoms with E-state index >= 15 is 0 Å². The third-order valence-electron chi connectivity index (χ3n) is 4.01. The van der Waals surface area contributed by atoms with Gasteiger partial charge in [-0.1, -0.05) is 13.8 Å². The Morgan fingerprint density at radius 1 is 1.43 bits per heavy atom. The second-order valence-corrected chi connectivity index (χ2v) is 6.65. The molecule has 1 aliphatic heterocycles. The summed E-state index contributed by atoms with van der Waals surface area (Å²) in [5.41, 5.74) is 2.43. The molecular weight excluding hydrogens is 266 g/mol. The minimum Gasteiger partial charge on any atom is -0.496 e. The lowest BCUT2D eigenvalue weighted by atomic mass is 9.89. The fourth-order valence-corrected chi connectivity index (χ4v) is 2.74. The molecule has 21 heavy (non-hydrogen) atoms. The van der Waals surface area contributed by atoms with Gasteiger partial charge >= 0.3 is 0 Å². The normalized spacial score (nSPS) is 17.5. The molecule has 2 N–H and O–H groups in total. The molecule has 1 aliphatic rings. The summed E-state index contributed by atoms with van der Waals surface area (Å²) in [7, 11) is 1.71. The minimum atomic E-state index is 0.0870. The lowest BCUT2D eigenvalue weighted by molar-refractivity contribution is 0.207. The van der Waals surface area contributed by atoms with Crippen molar-refractivity contribution < 1.29 is 14.6 Å². The maximum Gasteiger partial charge on any atom is 0.123 e. The van der Waals surface area contributed by atoms with E-state index < -0.39 is 0 Å². The topological polar surface area (TPSA) is 50.7 Å². The molecule has 1 unspecified atom stereocenters. The van der Waals surface area contributed by atoms with Gasteiger partial charge in [0.05, 0.1) is 7.11 Å². The summed E-state index contributed by atoms with van der Waals surface area (Å²) >= 11 is 0. The van der Waals surface area contributed by atoms with Gasteiger partial charge in [0.25, 0.3) is 0 Å². The molecule has 1 aromatic rings. The summed E-state index contributed by atoms with van der Waals surface area (Å²) in [4.78, 5) is 0. The molecule has 0 aliphatic carbocycles. The standard InChI is InChI=1S/C17H27NO3/c1-12-7-13-8-15(20-4)14(9-16(13)21-12)10-18-11-17(2,3)5-6-19/h8-9,12,18-19H,5-7,10-11H2,1-4H3. The second kappa shape index (κ2) is 6.67. The molecule has 4 heteroatoms. The zero-order chi connectivity index (χ0) is 15.5. The predicted octanol–water partition coefficient (Wildman–Crippen LogP) is 2.52. The molecule has 0 aromatic heterocycles. The monoisotopic (exact) mass is 293 g/mol. The summed E-state index contributed by atoms with van der Waals surface area (Å²) < 4.78 is 11.3. The van der Waals surface area contributed by atoms with E-state index in [2.05, 4.69) is 38.2 Å². The Labute approximate surface area is 127 Å². The number of nitrogens with one attached hydrogen (secondary N) is 1. The van der Waals surface area contributed by atoms with Gasteiger partial charge in [0, 0.05) is 37.2 Å². The van der Waals surface area contributed by atoms with Gasteiger partial charge < -0.3 is 19.9 Å². The van der Waals surface area contributed by atoms with Crippen molar-refractivity contribution in [1.29, 1.82) is 0 Å². The van der Waals surface area contributed by atoms with Gasteiger partial charge in [0.2, 0.25) is 0 Å². The summed E-state index contributed by atoms with van der Waals surface area (Å²) in [6, 6.07) is 4.18. The van der Waals surface area contributed by atoms with E-state index in [0.29, 0.717) is 0 Å². The van der Waals surface area contributed by atoms with Crippen LogP contribution in [0.4, 0.5) is 0 Å². The number of hydrogen-bond acceptors (Lipinski definition) is 4. The summed E-state index contributed by atoms with van der Waals surface area (Å²) in [5, 5.41) is 12.5. The molecule has 1 heterocycles. The molecule has 0 saturated carbocycles. The highest BCUT2D eigenvalue weighted by atomic mass is 16.5. The fourth-order valence-electron chi connectivity index (χ4n) is 2.74. The number of fused-ring (bicyclic) bond motifs is 1. The SMILES string of the molecule is COc1cc2c(cc1CNCC(C)(C)CCO)OC(C)C2. The second-order valence-electron chi connectivity index (χ2n) is 6.65. The van der Waals surface area contributed by atoms with Crippen LogP contribution in [-0.2, 0) is 13.0 Å². The van der Waals surface area contributed by atoms with Gasteiger partial charge in [-0.3, -0.25) is 0 Å². The molecular formula is C17H27NO3. The van der Waals surface area contributed by atoms with Crippen molar-refractivity contribution in [3.63, 3.8) is 0 Å². The number of aliphatic hydroxyl groups is 1. The maximum absolute atomic E-state index is 9.07. The van der Waals surface area contributed by atoms with E-state index in [4.69, 9.17) is 14.6 Å². The Hall–Kier alpha value is -1.26. The van der Waals surface area contributed by atoms with Crippen LogP contribution in [0.2, 0.25) is 0 Å². The smallest absolute Gasteiger partial charge is 0.123 e. The third-order valence-corrected chi connectivity index (χ3v) is 4.01. The Morgan fingerprint density at radius 3 is 2.86 bits per heavy atom. The predicted molar refractivity (Wildman–Crippen MR) is 84.0 cm³/mol. The summed E-state index contributed by atoms with van der Waals surface area (Å²) in [5.74, 6) is 1.90. The van der Waals surface area contributed by atoms with E-state index in [1.807, 2.05) is 0 Å². The van der Waals surface area contributed by atoms with Gasteiger partial charge in [-0.15, -0.1) is 0 Å². The molecule has 1 atom stereocenters. The fraction of sp³-hybridized carbons (Fsp3) is 0.647. The van der Waals surface area contributed by atoms with Gasteiger partial charge in [0.15, 0.2) is 0 Å². The van der Waals surface area contributed by atoms with Crippen LogP contribution in [0.3, 0.4) is 0 Å². The molecule has 0 amide bonds. The van der Waals surface area contributed by atoms with Crippen molar-refractivity contribution in [2.24, 2.45) is 5.41 Å². The number of benzene rings is 1. The lowest BCUT2D eigenvalue weighted by Crippen LogP contribution is -2.30. The van der Waals surface area contributed by atoms with Crippen LogP contribution in [0.25, 0.3) is 0 Å². The average molecular weight is 293 g/mol. The van der Waals surface area contributed by atoms with Crippen LogP contribution >= 0.6 is 0 Å². The first-order valence-corrected chi connectivity index (χ1v) is 7.63. The molecule has 2 rings (SSSR count). The average Bonchev–Trinajstić information content (AvgIpc) is 2.76. The molecule has 0 spiro atoms. The first-order valence-electron chi connectivity index (χ1n) is 7.63. The van der Waals surface area contributed by atoms with Gasteiger partial charge in [0.1, 0.15) is 17.6 Å². The molecule has 1 aromatic carbocycles. The first-order chi connectivity index (χ1) is 9.95. The van der Waals surface area contributed by atoms with Crippen molar-refractivity contribution >= 4 is 0 Å². The minimum absolute atomic E-state index is 0.0870. The van der Waals surface area contributed by atoms with Crippen LogP contribution in [0.1, 0.15) is 38.3 Å². The molecule has 0 fully saturated rings. The Balaban J connectivity index is 2.02. The van der Waals surface area contributed by atoms with Gasteiger partial charge in [-0.2, -0.15) is 0 Å². The number of rotatable bonds is 7. The van der Waals surface area contributed by atoms with Crippen molar-refractivity contribution in [1.82, 2.24) is 5.32 Å². The lowest BCUT2D eigenvalue weighted by Gasteiger charge is -2.24. The molecule has 0 saturated heterocycles. The zero-order valence-electron chi connectivity index (χ0n) is 13.5. The van der Waals surface area contributed by atoms with Crippen LogP contribution in [-0.4, -0.2) is 31.5 Å². The van der Waals surface area contributed by atoms with E-state index in [1.165, 1.54) is 5.56 Å². The first kappa shape index (κ1) is 16.1. The van der Waals surface area contributed by atoms with E-state index in [1.54, 1.807) is 7.11 Å². The van der Waals surface area contributed by atoms with E-state index in [9.17, 15) is 0 Å². The zero-order valence-corrected chi connectivity index (χ0v) is 13.5. The van der Waals surface area contributed by atoms with Crippen LogP contribution in [0.15, 0.2) is 12.1 Å². The molecule has 118 valence electrons. The highest BCUT2D eigenvalue weighted by Gasteiger charge is 2.22. The van der Waals surface area contributed by atoms with Gasteiger partial charge in [-0.05, 0) is 30.9 Å². The van der Waals surface area contributed by atoms with Gasteiger partial charge in [-0.25, -0.2) is 0 Å². The summed E-state index contributed by atoms with van der Waals surface area (Å²) in [6.07, 6.45) is 1.99. The van der Waals surface area contributed by atoms with Crippen molar-refractivity contribution in [2.75, 3.05) is 20.3 Å². The van der Waals surface area contributed by atoms with E-state index in [0.717, 1.165) is 43.0 Å². The third kappa shape index (κ3) is 4.11. The van der Waals surface area contributed by atoms with Crippen LogP contribution in [0, 0.1) is 5.41 Å². The Kier molecular flexibility index (Phi) is 5.12. The van der Waals surface area contributed by atoms with Crippen molar-refractivity contribution in [3.8, 4) is 11.5 Å². The highest BCUT2D eigenvalue weighted by Crippen LogP contribution is 2.35. The number of hydrogen-bond donors (Lipinski definition) is 2. The van der Waals surface area contributed by atoms with Crippen LogP contribution < -0.4 is 14.8 Å². The van der Waals surface area contributed by atoms with E-state index in [-0.39, 0.29) is 18.1 Å². The van der Waals surface area contributed by atoms with Crippen LogP contribution in [0.5, 0.6) is 11.5 Å². The number of aliphatic hydroxyl groups excluding tert-OH is 1. The molecule has 4 nitrogen and oxygen atoms in total. The summed E-state index contributed by atoms with van der Waals surface area (Å²) in [6.45, 7) is 8.21. The van der Waals surface area contributed by atoms with Crippen molar-refractivity contribution in [3.05, 3.63) is 23.3 Å². The molecule has 0 bridgehead atoms. The number of ether oxygens (including phenoxy) is 2.